The number of hydrogen-bond donors (Lipinski definition) is 3. The molecule has 3 N–H and O–H groups in total. The minimum absolute atomic E-state index is 0.106. The summed E-state index contributed by atoms with van der Waals surface area (Å²) in [5, 5.41) is 10.6. The Bertz CT molecular complexity index is 1750. The molecule has 0 bridgehead atoms. The first-order valence-electron chi connectivity index (χ1n) is 37.0. The van der Waals surface area contributed by atoms with Crippen molar-refractivity contribution in [2.24, 2.45) is 11.8 Å². The van der Waals surface area contributed by atoms with Crippen LogP contribution in [0.3, 0.4) is 0 Å². The number of phosphoric ester groups is 2. The first-order valence-corrected chi connectivity index (χ1v) is 40.0. The quantitative estimate of drug-likeness (QED) is 0.0222. The number of phosphoric acid groups is 2. The fourth-order valence-electron chi connectivity index (χ4n) is 10.7. The molecule has 0 saturated carbocycles. The number of carbonyl (C=O) groups is 4. The molecule has 0 amide bonds. The molecule has 19 heteroatoms. The lowest BCUT2D eigenvalue weighted by Gasteiger charge is -2.21. The third-order valence-corrected chi connectivity index (χ3v) is 18.7. The minimum atomic E-state index is -4.95. The first kappa shape index (κ1) is 88.1. The summed E-state index contributed by atoms with van der Waals surface area (Å²) < 4.78 is 68.3. The van der Waals surface area contributed by atoms with Crippen molar-refractivity contribution in [3.05, 3.63) is 0 Å². The minimum Gasteiger partial charge on any atom is -0.462 e. The molecule has 0 aromatic heterocycles. The molecule has 534 valence electrons. The van der Waals surface area contributed by atoms with Crippen molar-refractivity contribution in [1.82, 2.24) is 0 Å². The molecule has 0 rings (SSSR count). The smallest absolute Gasteiger partial charge is 0.462 e. The van der Waals surface area contributed by atoms with Crippen molar-refractivity contribution in [3.63, 3.8) is 0 Å². The third-order valence-electron chi connectivity index (χ3n) is 16.8. The number of ether oxygens (including phenoxy) is 4. The second kappa shape index (κ2) is 63.1. The van der Waals surface area contributed by atoms with Gasteiger partial charge >= 0.3 is 39.5 Å². The van der Waals surface area contributed by atoms with Crippen molar-refractivity contribution in [1.29, 1.82) is 0 Å². The van der Waals surface area contributed by atoms with Crippen LogP contribution in [0.5, 0.6) is 0 Å². The zero-order chi connectivity index (χ0) is 66.5. The second-order valence-corrected chi connectivity index (χ2v) is 29.3. The lowest BCUT2D eigenvalue weighted by Crippen LogP contribution is -2.30. The van der Waals surface area contributed by atoms with E-state index in [-0.39, 0.29) is 25.7 Å². The summed E-state index contributed by atoms with van der Waals surface area (Å²) in [5.41, 5.74) is 0. The summed E-state index contributed by atoms with van der Waals surface area (Å²) in [6, 6.07) is 0. The zero-order valence-corrected chi connectivity index (χ0v) is 60.2. The monoisotopic (exact) mass is 1320 g/mol. The molecule has 0 aliphatic carbocycles. The van der Waals surface area contributed by atoms with Crippen LogP contribution >= 0.6 is 15.6 Å². The fourth-order valence-corrected chi connectivity index (χ4v) is 12.3. The molecule has 17 nitrogen and oxygen atoms in total. The van der Waals surface area contributed by atoms with E-state index in [9.17, 15) is 43.2 Å². The predicted octanol–water partition coefficient (Wildman–Crippen LogP) is 20.4. The molecule has 90 heavy (non-hydrogen) atoms. The number of aliphatic hydroxyl groups is 1. The van der Waals surface area contributed by atoms with Gasteiger partial charge in [0.2, 0.25) is 0 Å². The van der Waals surface area contributed by atoms with E-state index in [0.29, 0.717) is 25.7 Å². The highest BCUT2D eigenvalue weighted by Crippen LogP contribution is 2.45. The van der Waals surface area contributed by atoms with E-state index < -0.39 is 97.5 Å². The third kappa shape index (κ3) is 63.5. The SMILES string of the molecule is CCCCCCCCCCCCCCCC(=O)O[C@H](COC(=O)CCCCCCCCCCC)COP(=O)(O)OC[C@H](O)COP(=O)(O)OC[C@@H](COC(=O)CCCCCCCCCCCCC(C)CC)OC(=O)CCCCCCCCCCCCCC(C)C. The van der Waals surface area contributed by atoms with Crippen molar-refractivity contribution < 1.29 is 80.2 Å². The van der Waals surface area contributed by atoms with Crippen LogP contribution < -0.4 is 0 Å². The van der Waals surface area contributed by atoms with Crippen LogP contribution in [0.25, 0.3) is 0 Å². The number of unbranched alkanes of at least 4 members (excludes halogenated alkanes) is 39. The average molecular weight is 1330 g/mol. The van der Waals surface area contributed by atoms with E-state index in [1.165, 1.54) is 180 Å². The van der Waals surface area contributed by atoms with Crippen molar-refractivity contribution in [2.45, 2.75) is 381 Å². The molecule has 0 aliphatic heterocycles. The number of hydrogen-bond acceptors (Lipinski definition) is 15. The highest BCUT2D eigenvalue weighted by molar-refractivity contribution is 7.47. The van der Waals surface area contributed by atoms with Gasteiger partial charge in [-0.25, -0.2) is 9.13 Å². The molecule has 3 unspecified atom stereocenters. The predicted molar refractivity (Wildman–Crippen MR) is 363 cm³/mol. The largest absolute Gasteiger partial charge is 0.472 e. The normalized spacial score (nSPS) is 14.4. The maximum absolute atomic E-state index is 13.0. The topological polar surface area (TPSA) is 237 Å². The second-order valence-electron chi connectivity index (χ2n) is 26.3. The standard InChI is InChI=1S/C71H138O17P2/c1-7-10-12-14-16-18-19-20-23-31-37-43-49-55-70(75)87-66(59-81-68(73)53-47-41-35-27-17-15-13-11-8-2)61-85-89(77,78)83-57-65(72)58-84-90(79,80)86-62-67(88-71(76)56-50-44-38-32-24-21-22-28-33-39-45-51-63(4)5)60-82-69(74)54-48-42-36-30-26-25-29-34-40-46-52-64(6)9-3/h63-67,72H,7-62H2,1-6H3,(H,77,78)(H,79,80)/t64?,65-,66+,67+/m0/s1. The van der Waals surface area contributed by atoms with E-state index in [1.54, 1.807) is 0 Å². The van der Waals surface area contributed by atoms with E-state index >= 15 is 0 Å². The lowest BCUT2D eigenvalue weighted by atomic mass is 9.99. The molecular weight excluding hydrogens is 1190 g/mol. The first-order chi connectivity index (χ1) is 43.4. The Morgan fingerprint density at radius 2 is 0.567 bits per heavy atom. The molecule has 6 atom stereocenters. The van der Waals surface area contributed by atoms with Crippen molar-refractivity contribution >= 4 is 39.5 Å². The van der Waals surface area contributed by atoms with Gasteiger partial charge in [-0.3, -0.25) is 37.3 Å². The molecule has 0 aliphatic rings. The van der Waals surface area contributed by atoms with Gasteiger partial charge < -0.3 is 33.8 Å². The van der Waals surface area contributed by atoms with Crippen LogP contribution in [0.4, 0.5) is 0 Å². The highest BCUT2D eigenvalue weighted by Gasteiger charge is 2.30. The van der Waals surface area contributed by atoms with Gasteiger partial charge in [0.1, 0.15) is 19.3 Å². The Morgan fingerprint density at radius 1 is 0.322 bits per heavy atom. The number of rotatable bonds is 70. The summed E-state index contributed by atoms with van der Waals surface area (Å²) >= 11 is 0. The van der Waals surface area contributed by atoms with Crippen molar-refractivity contribution in [3.8, 4) is 0 Å². The van der Waals surface area contributed by atoms with Gasteiger partial charge in [-0.05, 0) is 37.5 Å². The summed E-state index contributed by atoms with van der Waals surface area (Å²) in [7, 11) is -9.90. The van der Waals surface area contributed by atoms with Crippen LogP contribution in [0, 0.1) is 11.8 Å². The van der Waals surface area contributed by atoms with Crippen molar-refractivity contribution in [2.75, 3.05) is 39.6 Å². The zero-order valence-electron chi connectivity index (χ0n) is 58.4. The Balaban J connectivity index is 5.25. The number of carbonyl (C=O) groups excluding carboxylic acids is 4. The van der Waals surface area contributed by atoms with Gasteiger partial charge in [0.25, 0.3) is 0 Å². The lowest BCUT2D eigenvalue weighted by molar-refractivity contribution is -0.161. The van der Waals surface area contributed by atoms with E-state index in [2.05, 4.69) is 41.5 Å². The summed E-state index contributed by atoms with van der Waals surface area (Å²) in [5.74, 6) is -0.547. The van der Waals surface area contributed by atoms with Crippen LogP contribution in [0.2, 0.25) is 0 Å². The summed E-state index contributed by atoms with van der Waals surface area (Å²) in [6.45, 7) is 9.58. The van der Waals surface area contributed by atoms with Gasteiger partial charge in [-0.15, -0.1) is 0 Å². The molecule has 0 saturated heterocycles. The van der Waals surface area contributed by atoms with Gasteiger partial charge in [0, 0.05) is 25.7 Å². The summed E-state index contributed by atoms with van der Waals surface area (Å²) in [6.07, 6.45) is 48.4. The van der Waals surface area contributed by atoms with E-state index in [1.807, 2.05) is 0 Å². The van der Waals surface area contributed by atoms with Crippen LogP contribution in [0.1, 0.15) is 363 Å². The molecule has 0 aromatic rings. The maximum Gasteiger partial charge on any atom is 0.472 e. The van der Waals surface area contributed by atoms with Gasteiger partial charge in [0.05, 0.1) is 26.4 Å². The Kier molecular flexibility index (Phi) is 61.8. The van der Waals surface area contributed by atoms with Crippen LogP contribution in [0.15, 0.2) is 0 Å². The molecule has 0 heterocycles. The molecule has 0 aromatic carbocycles. The Hall–Kier alpha value is -1.94. The summed E-state index contributed by atoms with van der Waals surface area (Å²) in [4.78, 5) is 72.6. The van der Waals surface area contributed by atoms with Crippen LogP contribution in [-0.4, -0.2) is 96.7 Å². The van der Waals surface area contributed by atoms with Crippen LogP contribution in [-0.2, 0) is 65.4 Å². The Labute approximate surface area is 549 Å². The van der Waals surface area contributed by atoms with E-state index in [0.717, 1.165) is 102 Å². The highest BCUT2D eigenvalue weighted by atomic mass is 31.2. The van der Waals surface area contributed by atoms with Gasteiger partial charge in [0.15, 0.2) is 12.2 Å². The average Bonchev–Trinajstić information content (AvgIpc) is 3.71. The van der Waals surface area contributed by atoms with E-state index in [4.69, 9.17) is 37.0 Å². The molecule has 0 fully saturated rings. The number of esters is 4. The fraction of sp³-hybridized carbons (Fsp3) is 0.944. The van der Waals surface area contributed by atoms with Gasteiger partial charge in [-0.2, -0.15) is 0 Å². The number of aliphatic hydroxyl groups excluding tert-OH is 1. The van der Waals surface area contributed by atoms with Gasteiger partial charge in [-0.1, -0.05) is 311 Å². The molecule has 0 radical (unpaired) electrons. The molecule has 0 spiro atoms. The Morgan fingerprint density at radius 3 is 0.844 bits per heavy atom. The maximum atomic E-state index is 13.0. The molecular formula is C71H138O17P2.